The Morgan fingerprint density at radius 1 is 1.30 bits per heavy atom. The maximum absolute atomic E-state index is 12.0. The summed E-state index contributed by atoms with van der Waals surface area (Å²) < 4.78 is 22.9. The smallest absolute Gasteiger partial charge is 0.234 e. The van der Waals surface area contributed by atoms with Crippen LogP contribution in [0.25, 0.3) is 0 Å². The van der Waals surface area contributed by atoms with Crippen LogP contribution in [0.2, 0.25) is 0 Å². The van der Waals surface area contributed by atoms with Crippen LogP contribution in [-0.4, -0.2) is 56.4 Å². The Bertz CT molecular complexity index is 449. The molecule has 1 aliphatic heterocycles. The molecule has 2 fully saturated rings. The molecule has 0 aromatic carbocycles. The monoisotopic (exact) mass is 302 g/mol. The minimum absolute atomic E-state index is 0.00368. The van der Waals surface area contributed by atoms with Gasteiger partial charge in [0, 0.05) is 12.1 Å². The Balaban J connectivity index is 1.76. The van der Waals surface area contributed by atoms with Gasteiger partial charge in [0.2, 0.25) is 5.91 Å². The first kappa shape index (κ1) is 15.8. The molecular weight excluding hydrogens is 276 g/mol. The molecule has 0 bridgehead atoms. The van der Waals surface area contributed by atoms with Gasteiger partial charge in [-0.05, 0) is 32.2 Å². The highest BCUT2D eigenvalue weighted by Gasteiger charge is 2.31. The van der Waals surface area contributed by atoms with Crippen LogP contribution in [0.3, 0.4) is 0 Å². The van der Waals surface area contributed by atoms with Crippen molar-refractivity contribution < 1.29 is 13.2 Å². The SMILES string of the molecule is CC1CCCC(NC(=O)CN(C)C2CCS(=O)(=O)C2)C1. The first-order valence-electron chi connectivity index (χ1n) is 7.56. The molecule has 1 saturated carbocycles. The highest BCUT2D eigenvalue weighted by molar-refractivity contribution is 7.91. The number of carbonyl (C=O) groups is 1. The average molecular weight is 302 g/mol. The van der Waals surface area contributed by atoms with Crippen LogP contribution >= 0.6 is 0 Å². The topological polar surface area (TPSA) is 66.5 Å². The largest absolute Gasteiger partial charge is 0.352 e. The second kappa shape index (κ2) is 6.43. The number of hydrogen-bond acceptors (Lipinski definition) is 4. The van der Waals surface area contributed by atoms with Gasteiger partial charge in [-0.15, -0.1) is 0 Å². The van der Waals surface area contributed by atoms with Gasteiger partial charge in [0.1, 0.15) is 0 Å². The molecule has 5 nitrogen and oxygen atoms in total. The standard InChI is InChI=1S/C14H26N2O3S/c1-11-4-3-5-12(8-11)15-14(17)9-16(2)13-6-7-20(18,19)10-13/h11-13H,3-10H2,1-2H3,(H,15,17). The summed E-state index contributed by atoms with van der Waals surface area (Å²) in [5.74, 6) is 1.16. The predicted molar refractivity (Wildman–Crippen MR) is 79.3 cm³/mol. The number of sulfone groups is 1. The summed E-state index contributed by atoms with van der Waals surface area (Å²) in [4.78, 5) is 13.9. The van der Waals surface area contributed by atoms with Crippen molar-refractivity contribution in [3.63, 3.8) is 0 Å². The van der Waals surface area contributed by atoms with Crippen molar-refractivity contribution in [1.29, 1.82) is 0 Å². The summed E-state index contributed by atoms with van der Waals surface area (Å²) in [7, 11) is -1.04. The summed E-state index contributed by atoms with van der Waals surface area (Å²) in [5, 5.41) is 3.09. The van der Waals surface area contributed by atoms with Gasteiger partial charge in [-0.2, -0.15) is 0 Å². The highest BCUT2D eigenvalue weighted by atomic mass is 32.2. The van der Waals surface area contributed by atoms with Gasteiger partial charge >= 0.3 is 0 Å². The van der Waals surface area contributed by atoms with E-state index in [1.54, 1.807) is 0 Å². The van der Waals surface area contributed by atoms with Crippen molar-refractivity contribution in [2.24, 2.45) is 5.92 Å². The van der Waals surface area contributed by atoms with Crippen molar-refractivity contribution in [3.8, 4) is 0 Å². The highest BCUT2D eigenvalue weighted by Crippen LogP contribution is 2.23. The molecule has 1 N–H and O–H groups in total. The number of carbonyl (C=O) groups excluding carboxylic acids is 1. The lowest BCUT2D eigenvalue weighted by molar-refractivity contribution is -0.123. The van der Waals surface area contributed by atoms with Crippen molar-refractivity contribution in [1.82, 2.24) is 10.2 Å². The fourth-order valence-electron chi connectivity index (χ4n) is 3.32. The first-order valence-corrected chi connectivity index (χ1v) is 9.38. The third kappa shape index (κ3) is 4.45. The Labute approximate surface area is 122 Å². The maximum atomic E-state index is 12.0. The molecular formula is C14H26N2O3S. The third-order valence-electron chi connectivity index (χ3n) is 4.53. The van der Waals surface area contributed by atoms with E-state index in [0.717, 1.165) is 12.8 Å². The molecule has 2 rings (SSSR count). The van der Waals surface area contributed by atoms with Crippen LogP contribution in [-0.2, 0) is 14.6 Å². The molecule has 1 heterocycles. The summed E-state index contributed by atoms with van der Waals surface area (Å²) in [5.41, 5.74) is 0. The quantitative estimate of drug-likeness (QED) is 0.834. The van der Waals surface area contributed by atoms with Crippen LogP contribution in [0, 0.1) is 5.92 Å². The molecule has 3 unspecified atom stereocenters. The molecule has 1 amide bonds. The van der Waals surface area contributed by atoms with Crippen LogP contribution < -0.4 is 5.32 Å². The summed E-state index contributed by atoms with van der Waals surface area (Å²) in [6.07, 6.45) is 5.21. The summed E-state index contributed by atoms with van der Waals surface area (Å²) in [6, 6.07) is 0.294. The predicted octanol–water partition coefficient (Wildman–Crippen LogP) is 0.800. The molecule has 0 aromatic rings. The number of amides is 1. The zero-order chi connectivity index (χ0) is 14.8. The second-order valence-corrected chi connectivity index (χ2v) is 8.74. The normalized spacial score (nSPS) is 33.2. The Morgan fingerprint density at radius 3 is 2.65 bits per heavy atom. The van der Waals surface area contributed by atoms with Gasteiger partial charge in [-0.1, -0.05) is 19.8 Å². The van der Waals surface area contributed by atoms with Gasteiger partial charge < -0.3 is 5.32 Å². The Kier molecular flexibility index (Phi) is 5.07. The fourth-order valence-corrected chi connectivity index (χ4v) is 5.12. The van der Waals surface area contributed by atoms with Crippen LogP contribution in [0.5, 0.6) is 0 Å². The molecule has 0 aromatic heterocycles. The van der Waals surface area contributed by atoms with Crippen molar-refractivity contribution in [2.75, 3.05) is 25.1 Å². The lowest BCUT2D eigenvalue weighted by Crippen LogP contribution is -2.45. The molecule has 0 radical (unpaired) electrons. The number of nitrogens with zero attached hydrogens (tertiary/aromatic N) is 1. The Hall–Kier alpha value is -0.620. The molecule has 1 aliphatic carbocycles. The van der Waals surface area contributed by atoms with Gasteiger partial charge in [0.05, 0.1) is 18.1 Å². The van der Waals surface area contributed by atoms with E-state index < -0.39 is 9.84 Å². The fraction of sp³-hybridized carbons (Fsp3) is 0.929. The van der Waals surface area contributed by atoms with Gasteiger partial charge in [-0.3, -0.25) is 9.69 Å². The molecule has 116 valence electrons. The van der Waals surface area contributed by atoms with Gasteiger partial charge in [0.15, 0.2) is 9.84 Å². The minimum Gasteiger partial charge on any atom is -0.352 e. The molecule has 1 saturated heterocycles. The Morgan fingerprint density at radius 2 is 2.05 bits per heavy atom. The minimum atomic E-state index is -2.88. The van der Waals surface area contributed by atoms with E-state index in [4.69, 9.17) is 0 Å². The number of rotatable bonds is 4. The zero-order valence-corrected chi connectivity index (χ0v) is 13.3. The van der Waals surface area contributed by atoms with E-state index in [1.165, 1.54) is 12.8 Å². The van der Waals surface area contributed by atoms with Crippen molar-refractivity contribution >= 4 is 15.7 Å². The summed E-state index contributed by atoms with van der Waals surface area (Å²) >= 11 is 0. The zero-order valence-electron chi connectivity index (χ0n) is 12.5. The second-order valence-electron chi connectivity index (χ2n) is 6.51. The first-order chi connectivity index (χ1) is 9.35. The van der Waals surface area contributed by atoms with E-state index in [0.29, 0.717) is 24.9 Å². The van der Waals surface area contributed by atoms with Gasteiger partial charge in [-0.25, -0.2) is 8.42 Å². The van der Waals surface area contributed by atoms with Crippen molar-refractivity contribution in [2.45, 2.75) is 51.1 Å². The van der Waals surface area contributed by atoms with Crippen LogP contribution in [0.15, 0.2) is 0 Å². The van der Waals surface area contributed by atoms with Crippen LogP contribution in [0.4, 0.5) is 0 Å². The lowest BCUT2D eigenvalue weighted by Gasteiger charge is -2.29. The van der Waals surface area contributed by atoms with E-state index in [1.807, 2.05) is 11.9 Å². The average Bonchev–Trinajstić information content (AvgIpc) is 2.69. The lowest BCUT2D eigenvalue weighted by atomic mass is 9.87. The maximum Gasteiger partial charge on any atom is 0.234 e. The number of nitrogens with one attached hydrogen (secondary N) is 1. The molecule has 20 heavy (non-hydrogen) atoms. The van der Waals surface area contributed by atoms with Crippen molar-refractivity contribution in [3.05, 3.63) is 0 Å². The number of likely N-dealkylation sites (N-methyl/N-ethyl adjacent to an activating group) is 1. The third-order valence-corrected chi connectivity index (χ3v) is 6.28. The van der Waals surface area contributed by atoms with Gasteiger partial charge in [0.25, 0.3) is 0 Å². The number of hydrogen-bond donors (Lipinski definition) is 1. The van der Waals surface area contributed by atoms with Crippen LogP contribution in [0.1, 0.15) is 39.0 Å². The summed E-state index contributed by atoms with van der Waals surface area (Å²) in [6.45, 7) is 2.53. The van der Waals surface area contributed by atoms with E-state index in [2.05, 4.69) is 12.2 Å². The van der Waals surface area contributed by atoms with E-state index >= 15 is 0 Å². The van der Waals surface area contributed by atoms with E-state index in [-0.39, 0.29) is 23.5 Å². The molecule has 3 atom stereocenters. The van der Waals surface area contributed by atoms with E-state index in [9.17, 15) is 13.2 Å². The molecule has 6 heteroatoms. The molecule has 2 aliphatic rings. The molecule has 0 spiro atoms.